The number of likely N-dealkylation sites (N-methyl/N-ethyl adjacent to an activating group) is 1. The number of amides is 3. The van der Waals surface area contributed by atoms with Crippen molar-refractivity contribution in [1.29, 1.82) is 0 Å². The van der Waals surface area contributed by atoms with Crippen LogP contribution in [0.3, 0.4) is 0 Å². The number of fused-ring (bicyclic) bond motifs is 1. The standard InChI is InChI=1S/C26H31N5O3/c1-5-9-18(23(27)32)20(14-16(2)3)25(33)30-24-26(34)31(4)21-12-7-6-11-19(21)22(29-24)17-10-8-13-28-15-17/h5-8,10-13,15-16,18,20,24H,1,9,14H2,2-4H3,(H2,27,32)(H,30,33). The summed E-state index contributed by atoms with van der Waals surface area (Å²) in [7, 11) is 1.65. The summed E-state index contributed by atoms with van der Waals surface area (Å²) in [6, 6.07) is 11.1. The van der Waals surface area contributed by atoms with E-state index in [-0.39, 0.29) is 18.2 Å². The van der Waals surface area contributed by atoms with E-state index in [1.54, 1.807) is 31.6 Å². The Hall–Kier alpha value is -3.81. The molecular weight excluding hydrogens is 430 g/mol. The largest absolute Gasteiger partial charge is 0.369 e. The molecule has 178 valence electrons. The number of aliphatic imine (C=N–C) groups is 1. The lowest BCUT2D eigenvalue weighted by molar-refractivity contribution is -0.135. The van der Waals surface area contributed by atoms with Gasteiger partial charge in [0.05, 0.1) is 23.2 Å². The van der Waals surface area contributed by atoms with Gasteiger partial charge in [-0.05, 0) is 37.0 Å². The lowest BCUT2D eigenvalue weighted by atomic mass is 9.82. The number of benzodiazepines with no additional fused rings is 1. The zero-order valence-corrected chi connectivity index (χ0v) is 19.8. The zero-order chi connectivity index (χ0) is 24.8. The third-order valence-electron chi connectivity index (χ3n) is 5.89. The Morgan fingerprint density at radius 1 is 1.21 bits per heavy atom. The molecule has 8 nitrogen and oxygen atoms in total. The minimum atomic E-state index is -1.17. The first-order valence-corrected chi connectivity index (χ1v) is 11.3. The van der Waals surface area contributed by atoms with E-state index in [2.05, 4.69) is 21.9 Å². The molecule has 1 aromatic carbocycles. The van der Waals surface area contributed by atoms with Crippen molar-refractivity contribution in [3.8, 4) is 0 Å². The van der Waals surface area contributed by atoms with Crippen LogP contribution in [0.15, 0.2) is 66.4 Å². The van der Waals surface area contributed by atoms with Crippen LogP contribution in [-0.4, -0.2) is 41.6 Å². The maximum Gasteiger partial charge on any atom is 0.272 e. The maximum absolute atomic E-state index is 13.4. The van der Waals surface area contributed by atoms with Crippen molar-refractivity contribution in [3.05, 3.63) is 72.6 Å². The van der Waals surface area contributed by atoms with Crippen molar-refractivity contribution in [1.82, 2.24) is 10.3 Å². The fourth-order valence-corrected chi connectivity index (χ4v) is 4.21. The normalized spacial score (nSPS) is 17.3. The van der Waals surface area contributed by atoms with Gasteiger partial charge in [-0.15, -0.1) is 6.58 Å². The van der Waals surface area contributed by atoms with Crippen LogP contribution in [0, 0.1) is 17.8 Å². The molecule has 0 aliphatic carbocycles. The van der Waals surface area contributed by atoms with E-state index in [0.29, 0.717) is 17.8 Å². The number of hydrogen-bond donors (Lipinski definition) is 2. The number of nitrogens with two attached hydrogens (primary N) is 1. The first-order valence-electron chi connectivity index (χ1n) is 11.3. The second-order valence-corrected chi connectivity index (χ2v) is 8.81. The summed E-state index contributed by atoms with van der Waals surface area (Å²) < 4.78 is 0. The summed E-state index contributed by atoms with van der Waals surface area (Å²) in [6.07, 6.45) is 4.43. The summed E-state index contributed by atoms with van der Waals surface area (Å²) in [6.45, 7) is 7.62. The number of allylic oxidation sites excluding steroid dienone is 1. The number of nitrogens with zero attached hydrogens (tertiary/aromatic N) is 3. The third kappa shape index (κ3) is 5.39. The smallest absolute Gasteiger partial charge is 0.272 e. The molecule has 3 atom stereocenters. The summed E-state index contributed by atoms with van der Waals surface area (Å²) in [5.41, 5.74) is 8.32. The van der Waals surface area contributed by atoms with Crippen molar-refractivity contribution in [3.63, 3.8) is 0 Å². The van der Waals surface area contributed by atoms with Crippen molar-refractivity contribution in [2.45, 2.75) is 32.9 Å². The molecule has 2 heterocycles. The highest BCUT2D eigenvalue weighted by molar-refractivity contribution is 6.20. The van der Waals surface area contributed by atoms with Crippen molar-refractivity contribution < 1.29 is 14.4 Å². The average Bonchev–Trinajstić information content (AvgIpc) is 2.92. The summed E-state index contributed by atoms with van der Waals surface area (Å²) in [4.78, 5) is 49.3. The van der Waals surface area contributed by atoms with Gasteiger partial charge in [0.1, 0.15) is 0 Å². The van der Waals surface area contributed by atoms with Gasteiger partial charge in [0, 0.05) is 30.6 Å². The molecule has 3 rings (SSSR count). The molecule has 0 saturated carbocycles. The molecule has 1 aromatic heterocycles. The number of nitrogens with one attached hydrogen (secondary N) is 1. The molecule has 3 amide bonds. The van der Waals surface area contributed by atoms with Gasteiger partial charge >= 0.3 is 0 Å². The number of para-hydroxylation sites is 1. The fraction of sp³-hybridized carbons (Fsp3) is 0.346. The Morgan fingerprint density at radius 3 is 2.56 bits per heavy atom. The molecular formula is C26H31N5O3. The highest BCUT2D eigenvalue weighted by Crippen LogP contribution is 2.28. The number of pyridine rings is 1. The van der Waals surface area contributed by atoms with Crippen LogP contribution in [0.5, 0.6) is 0 Å². The molecule has 1 aliphatic heterocycles. The minimum Gasteiger partial charge on any atom is -0.369 e. The van der Waals surface area contributed by atoms with Crippen molar-refractivity contribution in [2.24, 2.45) is 28.5 Å². The molecule has 0 radical (unpaired) electrons. The monoisotopic (exact) mass is 461 g/mol. The van der Waals surface area contributed by atoms with E-state index in [0.717, 1.165) is 11.1 Å². The van der Waals surface area contributed by atoms with E-state index in [1.165, 1.54) is 4.90 Å². The Morgan fingerprint density at radius 2 is 1.94 bits per heavy atom. The van der Waals surface area contributed by atoms with Gasteiger partial charge in [-0.3, -0.25) is 19.4 Å². The van der Waals surface area contributed by atoms with Crippen LogP contribution in [0.2, 0.25) is 0 Å². The van der Waals surface area contributed by atoms with Gasteiger partial charge in [0.15, 0.2) is 0 Å². The van der Waals surface area contributed by atoms with E-state index in [4.69, 9.17) is 5.73 Å². The second kappa shape index (κ2) is 10.9. The van der Waals surface area contributed by atoms with Crippen LogP contribution >= 0.6 is 0 Å². The molecule has 2 aromatic rings. The fourth-order valence-electron chi connectivity index (χ4n) is 4.21. The van der Waals surface area contributed by atoms with Gasteiger partial charge in [-0.2, -0.15) is 0 Å². The summed E-state index contributed by atoms with van der Waals surface area (Å²) >= 11 is 0. The predicted molar refractivity (Wildman–Crippen MR) is 132 cm³/mol. The highest BCUT2D eigenvalue weighted by Gasteiger charge is 2.36. The summed E-state index contributed by atoms with van der Waals surface area (Å²) in [5, 5.41) is 2.79. The highest BCUT2D eigenvalue weighted by atomic mass is 16.2. The van der Waals surface area contributed by atoms with E-state index < -0.39 is 29.8 Å². The number of primary amides is 1. The van der Waals surface area contributed by atoms with Crippen LogP contribution in [0.4, 0.5) is 5.69 Å². The topological polar surface area (TPSA) is 118 Å². The van der Waals surface area contributed by atoms with Crippen molar-refractivity contribution in [2.75, 3.05) is 11.9 Å². The molecule has 0 saturated heterocycles. The lowest BCUT2D eigenvalue weighted by Gasteiger charge is -2.27. The van der Waals surface area contributed by atoms with Crippen LogP contribution in [0.1, 0.15) is 37.8 Å². The molecule has 0 bridgehead atoms. The molecule has 0 spiro atoms. The molecule has 34 heavy (non-hydrogen) atoms. The van der Waals surface area contributed by atoms with Gasteiger partial charge in [0.25, 0.3) is 5.91 Å². The molecule has 0 fully saturated rings. The first-order chi connectivity index (χ1) is 16.2. The average molecular weight is 462 g/mol. The van der Waals surface area contributed by atoms with Crippen LogP contribution in [0.25, 0.3) is 0 Å². The van der Waals surface area contributed by atoms with Crippen molar-refractivity contribution >= 4 is 29.1 Å². The second-order valence-electron chi connectivity index (χ2n) is 8.81. The minimum absolute atomic E-state index is 0.133. The quantitative estimate of drug-likeness (QED) is 0.558. The third-order valence-corrected chi connectivity index (χ3v) is 5.89. The number of carbonyl (C=O) groups excluding carboxylic acids is 3. The van der Waals surface area contributed by atoms with Gasteiger partial charge in [-0.1, -0.05) is 38.1 Å². The number of rotatable bonds is 9. The van der Waals surface area contributed by atoms with E-state index in [1.807, 2.05) is 44.2 Å². The number of aromatic nitrogens is 1. The lowest BCUT2D eigenvalue weighted by Crippen LogP contribution is -2.50. The number of benzene rings is 1. The van der Waals surface area contributed by atoms with Crippen LogP contribution in [-0.2, 0) is 14.4 Å². The number of carbonyl (C=O) groups is 3. The molecule has 3 N–H and O–H groups in total. The number of anilines is 1. The SMILES string of the molecule is C=CCC(C(N)=O)C(CC(C)C)C(=O)NC1N=C(c2cccnc2)c2ccccc2N(C)C1=O. The Bertz CT molecular complexity index is 1100. The molecule has 1 aliphatic rings. The van der Waals surface area contributed by atoms with E-state index >= 15 is 0 Å². The predicted octanol–water partition coefficient (Wildman–Crippen LogP) is 2.68. The Labute approximate surface area is 200 Å². The van der Waals surface area contributed by atoms with Gasteiger partial charge in [0.2, 0.25) is 18.0 Å². The first kappa shape index (κ1) is 24.8. The van der Waals surface area contributed by atoms with E-state index in [9.17, 15) is 14.4 Å². The molecule has 3 unspecified atom stereocenters. The summed E-state index contributed by atoms with van der Waals surface area (Å²) in [5.74, 6) is -2.70. The van der Waals surface area contributed by atoms with Gasteiger partial charge in [-0.25, -0.2) is 4.99 Å². The Balaban J connectivity index is 2.03. The molecule has 8 heteroatoms. The number of hydrogen-bond acceptors (Lipinski definition) is 5. The van der Waals surface area contributed by atoms with Gasteiger partial charge < -0.3 is 16.0 Å². The maximum atomic E-state index is 13.4. The zero-order valence-electron chi connectivity index (χ0n) is 19.8. The van der Waals surface area contributed by atoms with Crippen LogP contribution < -0.4 is 16.0 Å². The Kier molecular flexibility index (Phi) is 7.94.